The molecule has 0 N–H and O–H groups in total. The molecule has 2 heteroatoms. The SMILES string of the molecule is c1ccc(-c2ccc(-c3ccc(N(c4ccc(-c5ccc6c(ccc7ccccc76)c5)cc4)c4cccc(-c5c6ccccc6cc6c5c5ccccc5n6-c5ccccc5)c4)cc3)cc2)cc1. The highest BCUT2D eigenvalue weighted by atomic mass is 15.1. The normalized spacial score (nSPS) is 11.5. The quantitative estimate of drug-likeness (QED) is 0.138. The molecule has 0 unspecified atom stereocenters. The van der Waals surface area contributed by atoms with Crippen molar-refractivity contribution in [2.45, 2.75) is 0 Å². The molecule has 2 nitrogen and oxygen atoms in total. The van der Waals surface area contributed by atoms with Gasteiger partial charge in [-0.25, -0.2) is 0 Å². The number of anilines is 3. The highest BCUT2D eigenvalue weighted by molar-refractivity contribution is 6.23. The minimum Gasteiger partial charge on any atom is -0.310 e. The van der Waals surface area contributed by atoms with Crippen LogP contribution in [0.4, 0.5) is 17.1 Å². The minimum absolute atomic E-state index is 1.08. The Kier molecular flexibility index (Phi) is 9.54. The lowest BCUT2D eigenvalue weighted by atomic mass is 9.92. The second kappa shape index (κ2) is 16.5. The second-order valence-electron chi connectivity index (χ2n) is 17.7. The van der Waals surface area contributed by atoms with E-state index in [0.29, 0.717) is 0 Å². The Labute approximate surface area is 395 Å². The predicted octanol–water partition coefficient (Wildman–Crippen LogP) is 18.4. The molecule has 0 aliphatic carbocycles. The fourth-order valence-corrected chi connectivity index (χ4v) is 10.5. The average Bonchev–Trinajstić information content (AvgIpc) is 3.74. The summed E-state index contributed by atoms with van der Waals surface area (Å²) in [5.74, 6) is 0. The van der Waals surface area contributed by atoms with Crippen LogP contribution in [0, 0.1) is 0 Å². The molecular formula is C66H44N2. The van der Waals surface area contributed by atoms with Gasteiger partial charge in [-0.3, -0.25) is 0 Å². The van der Waals surface area contributed by atoms with Crippen LogP contribution in [0.5, 0.6) is 0 Å². The van der Waals surface area contributed by atoms with Crippen molar-refractivity contribution in [1.29, 1.82) is 0 Å². The molecule has 12 aromatic carbocycles. The molecule has 0 atom stereocenters. The van der Waals surface area contributed by atoms with Gasteiger partial charge in [0.15, 0.2) is 0 Å². The number of nitrogens with zero attached hydrogens (tertiary/aromatic N) is 2. The van der Waals surface area contributed by atoms with Crippen LogP contribution in [0.25, 0.3) is 104 Å². The van der Waals surface area contributed by atoms with Gasteiger partial charge in [-0.05, 0) is 144 Å². The van der Waals surface area contributed by atoms with E-state index < -0.39 is 0 Å². The van der Waals surface area contributed by atoms with Gasteiger partial charge >= 0.3 is 0 Å². The zero-order valence-corrected chi connectivity index (χ0v) is 37.3. The maximum absolute atomic E-state index is 2.42. The lowest BCUT2D eigenvalue weighted by Crippen LogP contribution is -2.10. The standard InChI is InChI=1S/C66H44N2/c1-3-14-45(15-4-1)46-26-28-47(29-27-46)48-32-37-56(38-33-48)67(57-39-34-49(35-40-57)51-36-41-60-53(42-51)31-30-50-16-7-9-22-59(50)60)58-21-13-18-54(43-58)65-61-23-10-8-17-52(61)44-64-66(65)62-24-11-12-25-63(62)68(64)55-19-5-2-6-20-55/h1-44H. The number of benzene rings is 12. The Balaban J connectivity index is 0.951. The minimum atomic E-state index is 1.08. The van der Waals surface area contributed by atoms with Crippen molar-refractivity contribution in [3.63, 3.8) is 0 Å². The zero-order valence-electron chi connectivity index (χ0n) is 37.3. The summed E-state index contributed by atoms with van der Waals surface area (Å²) in [4.78, 5) is 2.40. The Morgan fingerprint density at radius 1 is 0.250 bits per heavy atom. The highest BCUT2D eigenvalue weighted by Gasteiger charge is 2.21. The van der Waals surface area contributed by atoms with Crippen molar-refractivity contribution < 1.29 is 0 Å². The van der Waals surface area contributed by atoms with Gasteiger partial charge in [0, 0.05) is 33.5 Å². The molecule has 1 heterocycles. The molecule has 0 aliphatic rings. The van der Waals surface area contributed by atoms with Crippen LogP contribution < -0.4 is 4.90 Å². The molecule has 0 radical (unpaired) electrons. The molecule has 0 fully saturated rings. The van der Waals surface area contributed by atoms with Gasteiger partial charge in [0.25, 0.3) is 0 Å². The van der Waals surface area contributed by atoms with Gasteiger partial charge in [-0.15, -0.1) is 0 Å². The summed E-state index contributed by atoms with van der Waals surface area (Å²) in [5.41, 5.74) is 16.4. The molecule has 0 aliphatic heterocycles. The summed E-state index contributed by atoms with van der Waals surface area (Å²) in [6, 6.07) is 97.5. The molecule has 68 heavy (non-hydrogen) atoms. The van der Waals surface area contributed by atoms with Gasteiger partial charge in [0.1, 0.15) is 0 Å². The Morgan fingerprint density at radius 2 is 0.735 bits per heavy atom. The Hall–Kier alpha value is -8.98. The third-order valence-electron chi connectivity index (χ3n) is 13.7. The lowest BCUT2D eigenvalue weighted by molar-refractivity contribution is 1.18. The maximum atomic E-state index is 2.42. The predicted molar refractivity (Wildman–Crippen MR) is 290 cm³/mol. The lowest BCUT2D eigenvalue weighted by Gasteiger charge is -2.27. The van der Waals surface area contributed by atoms with E-state index in [1.165, 1.54) is 98.6 Å². The Bertz CT molecular complexity index is 3980. The second-order valence-corrected chi connectivity index (χ2v) is 17.7. The average molecular weight is 865 g/mol. The van der Waals surface area contributed by atoms with Crippen LogP contribution in [-0.2, 0) is 0 Å². The first kappa shape index (κ1) is 39.4. The van der Waals surface area contributed by atoms with E-state index in [0.717, 1.165) is 22.7 Å². The first-order chi connectivity index (χ1) is 33.7. The number of fused-ring (bicyclic) bond motifs is 7. The van der Waals surface area contributed by atoms with Gasteiger partial charge in [-0.2, -0.15) is 0 Å². The fourth-order valence-electron chi connectivity index (χ4n) is 10.5. The van der Waals surface area contributed by atoms with E-state index in [2.05, 4.69) is 276 Å². The number of rotatable bonds is 8. The summed E-state index contributed by atoms with van der Waals surface area (Å²) in [7, 11) is 0. The zero-order chi connectivity index (χ0) is 45.0. The Morgan fingerprint density at radius 3 is 1.44 bits per heavy atom. The number of hydrogen-bond acceptors (Lipinski definition) is 1. The van der Waals surface area contributed by atoms with Gasteiger partial charge in [-0.1, -0.05) is 200 Å². The van der Waals surface area contributed by atoms with Crippen molar-refractivity contribution in [1.82, 2.24) is 4.57 Å². The molecule has 318 valence electrons. The molecule has 13 rings (SSSR count). The first-order valence-corrected chi connectivity index (χ1v) is 23.4. The summed E-state index contributed by atoms with van der Waals surface area (Å²) in [6.45, 7) is 0. The van der Waals surface area contributed by atoms with Crippen LogP contribution in [0.2, 0.25) is 0 Å². The van der Waals surface area contributed by atoms with Crippen molar-refractivity contribution >= 4 is 71.2 Å². The summed E-state index contributed by atoms with van der Waals surface area (Å²) < 4.78 is 2.42. The van der Waals surface area contributed by atoms with Crippen molar-refractivity contribution in [2.75, 3.05) is 4.90 Å². The molecule has 1 aromatic heterocycles. The van der Waals surface area contributed by atoms with Crippen LogP contribution in [0.1, 0.15) is 0 Å². The molecular weight excluding hydrogens is 821 g/mol. The molecule has 0 spiro atoms. The van der Waals surface area contributed by atoms with Crippen LogP contribution in [-0.4, -0.2) is 4.57 Å². The third kappa shape index (κ3) is 6.82. The van der Waals surface area contributed by atoms with Gasteiger partial charge in [0.2, 0.25) is 0 Å². The van der Waals surface area contributed by atoms with E-state index in [1.807, 2.05) is 0 Å². The van der Waals surface area contributed by atoms with Crippen molar-refractivity contribution in [2.24, 2.45) is 0 Å². The monoisotopic (exact) mass is 864 g/mol. The maximum Gasteiger partial charge on any atom is 0.0553 e. The molecule has 0 saturated carbocycles. The largest absolute Gasteiger partial charge is 0.310 e. The summed E-state index contributed by atoms with van der Waals surface area (Å²) in [6.07, 6.45) is 0. The van der Waals surface area contributed by atoms with E-state index in [9.17, 15) is 0 Å². The number of para-hydroxylation sites is 2. The summed E-state index contributed by atoms with van der Waals surface area (Å²) >= 11 is 0. The van der Waals surface area contributed by atoms with E-state index in [1.54, 1.807) is 0 Å². The van der Waals surface area contributed by atoms with E-state index >= 15 is 0 Å². The highest BCUT2D eigenvalue weighted by Crippen LogP contribution is 2.45. The first-order valence-electron chi connectivity index (χ1n) is 23.4. The van der Waals surface area contributed by atoms with Crippen molar-refractivity contribution in [3.8, 4) is 50.2 Å². The van der Waals surface area contributed by atoms with Crippen molar-refractivity contribution in [3.05, 3.63) is 267 Å². The molecule has 0 amide bonds. The fraction of sp³-hybridized carbons (Fsp3) is 0. The topological polar surface area (TPSA) is 8.17 Å². The van der Waals surface area contributed by atoms with Gasteiger partial charge < -0.3 is 9.47 Å². The van der Waals surface area contributed by atoms with Gasteiger partial charge in [0.05, 0.1) is 11.0 Å². The smallest absolute Gasteiger partial charge is 0.0553 e. The molecule has 0 bridgehead atoms. The van der Waals surface area contributed by atoms with E-state index in [-0.39, 0.29) is 0 Å². The van der Waals surface area contributed by atoms with Crippen LogP contribution >= 0.6 is 0 Å². The third-order valence-corrected chi connectivity index (χ3v) is 13.7. The van der Waals surface area contributed by atoms with Crippen LogP contribution in [0.3, 0.4) is 0 Å². The molecule has 0 saturated heterocycles. The number of hydrogen-bond donors (Lipinski definition) is 0. The van der Waals surface area contributed by atoms with Crippen LogP contribution in [0.15, 0.2) is 267 Å². The van der Waals surface area contributed by atoms with E-state index in [4.69, 9.17) is 0 Å². The summed E-state index contributed by atoms with van der Waals surface area (Å²) in [5, 5.41) is 10.00. The molecule has 13 aromatic rings. The number of aromatic nitrogens is 1.